The molecule has 1 aliphatic heterocycles. The summed E-state index contributed by atoms with van der Waals surface area (Å²) in [5, 5.41) is 9.10. The highest BCUT2D eigenvalue weighted by Crippen LogP contribution is 2.25. The molecule has 4 nitrogen and oxygen atoms in total. The van der Waals surface area contributed by atoms with E-state index in [1.165, 1.54) is 0 Å². The molecule has 0 amide bonds. The van der Waals surface area contributed by atoms with Crippen LogP contribution in [-0.4, -0.2) is 36.2 Å². The first kappa shape index (κ1) is 12.9. The molecule has 1 aliphatic rings. The number of rotatable bonds is 4. The van der Waals surface area contributed by atoms with Crippen LogP contribution in [0.15, 0.2) is 24.3 Å². The number of nitrogens with zero attached hydrogens (tertiary/aromatic N) is 1. The lowest BCUT2D eigenvalue weighted by Gasteiger charge is -2.15. The molecule has 0 saturated carbocycles. The molecule has 1 aromatic carbocycles. The molecule has 0 aromatic heterocycles. The third-order valence-electron chi connectivity index (χ3n) is 3.55. The summed E-state index contributed by atoms with van der Waals surface area (Å²) in [5.41, 5.74) is 1.16. The van der Waals surface area contributed by atoms with Gasteiger partial charge in [-0.05, 0) is 23.6 Å². The zero-order chi connectivity index (χ0) is 13.1. The maximum Gasteiger partial charge on any atom is 0.308 e. The van der Waals surface area contributed by atoms with Gasteiger partial charge in [0.2, 0.25) is 0 Å². The van der Waals surface area contributed by atoms with Gasteiger partial charge in [-0.25, -0.2) is 0 Å². The molecular weight excluding hydrogens is 230 g/mol. The quantitative estimate of drug-likeness (QED) is 0.884. The van der Waals surface area contributed by atoms with Gasteiger partial charge in [-0.2, -0.15) is 0 Å². The first-order valence-corrected chi connectivity index (χ1v) is 6.18. The van der Waals surface area contributed by atoms with Crippen molar-refractivity contribution >= 4 is 5.97 Å². The van der Waals surface area contributed by atoms with Crippen LogP contribution < -0.4 is 4.74 Å². The van der Waals surface area contributed by atoms with Crippen LogP contribution in [0.5, 0.6) is 5.75 Å². The predicted molar refractivity (Wildman–Crippen MR) is 68.6 cm³/mol. The summed E-state index contributed by atoms with van der Waals surface area (Å²) in [6.45, 7) is 4.26. The lowest BCUT2D eigenvalue weighted by molar-refractivity contribution is -0.142. The summed E-state index contributed by atoms with van der Waals surface area (Å²) < 4.78 is 5.19. The molecule has 0 bridgehead atoms. The van der Waals surface area contributed by atoms with Crippen molar-refractivity contribution < 1.29 is 14.6 Å². The smallest absolute Gasteiger partial charge is 0.308 e. The molecule has 4 heteroatoms. The maximum absolute atomic E-state index is 11.1. The van der Waals surface area contributed by atoms with Gasteiger partial charge in [0.15, 0.2) is 0 Å². The number of aliphatic carboxylic acids is 1. The summed E-state index contributed by atoms with van der Waals surface area (Å²) in [5.74, 6) is 0.133. The van der Waals surface area contributed by atoms with Crippen molar-refractivity contribution in [3.8, 4) is 5.75 Å². The third kappa shape index (κ3) is 2.82. The van der Waals surface area contributed by atoms with Crippen LogP contribution in [0, 0.1) is 11.8 Å². The molecule has 1 aromatic rings. The highest BCUT2D eigenvalue weighted by molar-refractivity contribution is 5.71. The number of carboxylic acid groups (broad SMARTS) is 1. The van der Waals surface area contributed by atoms with Gasteiger partial charge in [-0.1, -0.05) is 19.1 Å². The minimum atomic E-state index is -0.685. The number of hydrogen-bond donors (Lipinski definition) is 1. The van der Waals surface area contributed by atoms with Gasteiger partial charge in [0.25, 0.3) is 0 Å². The molecule has 1 heterocycles. The molecule has 2 rings (SSSR count). The Hall–Kier alpha value is -1.55. The van der Waals surface area contributed by atoms with Crippen molar-refractivity contribution in [2.24, 2.45) is 11.8 Å². The summed E-state index contributed by atoms with van der Waals surface area (Å²) >= 11 is 0. The molecule has 0 spiro atoms. The summed E-state index contributed by atoms with van der Waals surface area (Å²) in [6.07, 6.45) is 0. The van der Waals surface area contributed by atoms with Crippen LogP contribution in [0.3, 0.4) is 0 Å². The van der Waals surface area contributed by atoms with Crippen molar-refractivity contribution in [3.63, 3.8) is 0 Å². The molecule has 0 aliphatic carbocycles. The molecule has 2 atom stereocenters. The van der Waals surface area contributed by atoms with Gasteiger partial charge in [-0.15, -0.1) is 0 Å². The topological polar surface area (TPSA) is 49.8 Å². The van der Waals surface area contributed by atoms with Crippen molar-refractivity contribution in [1.82, 2.24) is 4.90 Å². The van der Waals surface area contributed by atoms with Gasteiger partial charge in [-0.3, -0.25) is 9.69 Å². The normalized spacial score (nSPS) is 24.1. The largest absolute Gasteiger partial charge is 0.497 e. The third-order valence-corrected chi connectivity index (χ3v) is 3.55. The second-order valence-electron chi connectivity index (χ2n) is 4.97. The van der Waals surface area contributed by atoms with E-state index in [2.05, 4.69) is 4.90 Å². The minimum Gasteiger partial charge on any atom is -0.497 e. The van der Waals surface area contributed by atoms with Crippen molar-refractivity contribution in [1.29, 1.82) is 0 Å². The van der Waals surface area contributed by atoms with E-state index in [1.807, 2.05) is 31.2 Å². The zero-order valence-corrected chi connectivity index (χ0v) is 10.8. The second-order valence-corrected chi connectivity index (χ2v) is 4.97. The second kappa shape index (κ2) is 5.40. The lowest BCUT2D eigenvalue weighted by Crippen LogP contribution is -2.23. The Labute approximate surface area is 107 Å². The monoisotopic (exact) mass is 249 g/mol. The van der Waals surface area contributed by atoms with Crippen LogP contribution in [0.25, 0.3) is 0 Å². The number of benzene rings is 1. The number of likely N-dealkylation sites (tertiary alicyclic amines) is 1. The van der Waals surface area contributed by atoms with Crippen molar-refractivity contribution in [3.05, 3.63) is 29.8 Å². The first-order chi connectivity index (χ1) is 8.60. The SMILES string of the molecule is COc1cccc(CN2CC(C)C(C(=O)O)C2)c1. The van der Waals surface area contributed by atoms with Crippen LogP contribution in [0.1, 0.15) is 12.5 Å². The van der Waals surface area contributed by atoms with Gasteiger partial charge < -0.3 is 9.84 Å². The number of carbonyl (C=O) groups is 1. The van der Waals surface area contributed by atoms with Crippen LogP contribution in [0.4, 0.5) is 0 Å². The Morgan fingerprint density at radius 1 is 1.50 bits per heavy atom. The zero-order valence-electron chi connectivity index (χ0n) is 10.8. The molecule has 1 N–H and O–H groups in total. The van der Waals surface area contributed by atoms with E-state index < -0.39 is 5.97 Å². The number of methoxy groups -OCH3 is 1. The fraction of sp³-hybridized carbons (Fsp3) is 0.500. The fourth-order valence-electron chi connectivity index (χ4n) is 2.55. The molecule has 1 fully saturated rings. The van der Waals surface area contributed by atoms with Crippen LogP contribution in [0.2, 0.25) is 0 Å². The summed E-state index contributed by atoms with van der Waals surface area (Å²) in [7, 11) is 1.65. The average molecular weight is 249 g/mol. The highest BCUT2D eigenvalue weighted by atomic mass is 16.5. The van der Waals surface area contributed by atoms with Gasteiger partial charge in [0.05, 0.1) is 13.0 Å². The molecule has 18 heavy (non-hydrogen) atoms. The predicted octanol–water partition coefficient (Wildman–Crippen LogP) is 1.85. The van der Waals surface area contributed by atoms with E-state index in [1.54, 1.807) is 7.11 Å². The van der Waals surface area contributed by atoms with E-state index in [4.69, 9.17) is 9.84 Å². The van der Waals surface area contributed by atoms with E-state index >= 15 is 0 Å². The number of carboxylic acids is 1. The highest BCUT2D eigenvalue weighted by Gasteiger charge is 2.34. The molecule has 98 valence electrons. The van der Waals surface area contributed by atoms with E-state index in [-0.39, 0.29) is 11.8 Å². The summed E-state index contributed by atoms with van der Waals surface area (Å²) in [6, 6.07) is 7.92. The summed E-state index contributed by atoms with van der Waals surface area (Å²) in [4.78, 5) is 13.3. The number of hydrogen-bond acceptors (Lipinski definition) is 3. The maximum atomic E-state index is 11.1. The van der Waals surface area contributed by atoms with E-state index in [9.17, 15) is 4.79 Å². The van der Waals surface area contributed by atoms with Gasteiger partial charge in [0, 0.05) is 19.6 Å². The Kier molecular flexibility index (Phi) is 3.87. The van der Waals surface area contributed by atoms with Crippen molar-refractivity contribution in [2.75, 3.05) is 20.2 Å². The van der Waals surface area contributed by atoms with Crippen molar-refractivity contribution in [2.45, 2.75) is 13.5 Å². The minimum absolute atomic E-state index is 0.216. The van der Waals surface area contributed by atoms with E-state index in [0.717, 1.165) is 24.4 Å². The first-order valence-electron chi connectivity index (χ1n) is 6.18. The molecule has 1 saturated heterocycles. The average Bonchev–Trinajstić information content (AvgIpc) is 2.70. The Morgan fingerprint density at radius 2 is 2.28 bits per heavy atom. The Bertz CT molecular complexity index is 433. The molecular formula is C14H19NO3. The Balaban J connectivity index is 2.00. The fourth-order valence-corrected chi connectivity index (χ4v) is 2.55. The molecule has 2 unspecified atom stereocenters. The van der Waals surface area contributed by atoms with Crippen LogP contribution in [-0.2, 0) is 11.3 Å². The number of ether oxygens (including phenoxy) is 1. The lowest BCUT2D eigenvalue weighted by atomic mass is 9.99. The standard InChI is InChI=1S/C14H19NO3/c1-10-7-15(9-13(10)14(16)17)8-11-4-3-5-12(6-11)18-2/h3-6,10,13H,7-9H2,1-2H3,(H,16,17). The van der Waals surface area contributed by atoms with Gasteiger partial charge >= 0.3 is 5.97 Å². The Morgan fingerprint density at radius 3 is 2.89 bits per heavy atom. The van der Waals surface area contributed by atoms with Crippen LogP contribution >= 0.6 is 0 Å². The van der Waals surface area contributed by atoms with Gasteiger partial charge in [0.1, 0.15) is 5.75 Å². The van der Waals surface area contributed by atoms with E-state index in [0.29, 0.717) is 6.54 Å². The molecule has 0 radical (unpaired) electrons.